The van der Waals surface area contributed by atoms with E-state index in [4.69, 9.17) is 11.6 Å². The van der Waals surface area contributed by atoms with Gasteiger partial charge in [0.15, 0.2) is 0 Å². The molecule has 0 aliphatic heterocycles. The normalized spacial score (nSPS) is 10.4. The minimum Gasteiger partial charge on any atom is -0.353 e. The number of nitrogens with one attached hydrogen (secondary N) is 1. The van der Waals surface area contributed by atoms with E-state index >= 15 is 0 Å². The van der Waals surface area contributed by atoms with Crippen molar-refractivity contribution in [1.29, 1.82) is 0 Å². The fourth-order valence-corrected chi connectivity index (χ4v) is 1.39. The Morgan fingerprint density at radius 2 is 2.25 bits per heavy atom. The Balaban J connectivity index is 2.66. The van der Waals surface area contributed by atoms with Crippen LogP contribution in [0.1, 0.15) is 22.8 Å². The smallest absolute Gasteiger partial charge is 0.217 e. The van der Waals surface area contributed by atoms with Gasteiger partial charge in [0.05, 0.1) is 0 Å². The van der Waals surface area contributed by atoms with Gasteiger partial charge in [-0.15, -0.1) is 0 Å². The van der Waals surface area contributed by atoms with Crippen molar-refractivity contribution in [2.24, 2.45) is 0 Å². The summed E-state index contributed by atoms with van der Waals surface area (Å²) in [5.41, 5.74) is 1.36. The van der Waals surface area contributed by atoms with Gasteiger partial charge in [0.2, 0.25) is 5.91 Å². The third-order valence-corrected chi connectivity index (χ3v) is 2.25. The number of aldehydes is 1. The van der Waals surface area contributed by atoms with Crippen LogP contribution in [0, 0.1) is 0 Å². The molecule has 0 saturated heterocycles. The molecule has 0 aromatic heterocycles. The van der Waals surface area contributed by atoms with Crippen LogP contribution in [0.15, 0.2) is 24.3 Å². The van der Waals surface area contributed by atoms with E-state index in [2.05, 4.69) is 5.32 Å². The number of rotatable bonds is 4. The molecule has 0 bridgehead atoms. The van der Waals surface area contributed by atoms with Crippen LogP contribution in [0.4, 0.5) is 0 Å². The highest BCUT2D eigenvalue weighted by molar-refractivity contribution is 6.32. The van der Waals surface area contributed by atoms with Crippen LogP contribution in [-0.4, -0.2) is 18.7 Å². The summed E-state index contributed by atoms with van der Waals surface area (Å²) < 4.78 is 0. The Morgan fingerprint density at radius 3 is 2.81 bits per heavy atom. The Kier molecular flexibility index (Phi) is 4.73. The van der Waals surface area contributed by atoms with Crippen molar-refractivity contribution in [1.82, 2.24) is 5.32 Å². The molecule has 1 amide bonds. The maximum atomic E-state index is 10.6. The van der Waals surface area contributed by atoms with E-state index in [1.807, 2.05) is 0 Å². The minimum absolute atomic E-state index is 0.0768. The topological polar surface area (TPSA) is 46.2 Å². The standard InChI is InChI=1S/C12H12ClNO2/c1-9(16)14-6-2-3-11-5-4-10(8-15)7-12(11)13/h2-5,7-8H,6H2,1H3,(H,14,16). The van der Waals surface area contributed by atoms with Crippen molar-refractivity contribution in [2.75, 3.05) is 6.54 Å². The first-order valence-electron chi connectivity index (χ1n) is 4.79. The fraction of sp³-hybridized carbons (Fsp3) is 0.167. The lowest BCUT2D eigenvalue weighted by molar-refractivity contribution is -0.118. The second-order valence-electron chi connectivity index (χ2n) is 3.24. The molecule has 0 fully saturated rings. The number of hydrogen-bond acceptors (Lipinski definition) is 2. The summed E-state index contributed by atoms with van der Waals surface area (Å²) in [5.74, 6) is -0.0768. The van der Waals surface area contributed by atoms with Crippen molar-refractivity contribution >= 4 is 29.9 Å². The molecule has 1 rings (SSSR count). The largest absolute Gasteiger partial charge is 0.353 e. The van der Waals surface area contributed by atoms with Crippen LogP contribution in [0.25, 0.3) is 6.08 Å². The zero-order chi connectivity index (χ0) is 12.0. The van der Waals surface area contributed by atoms with Gasteiger partial charge in [-0.25, -0.2) is 0 Å². The Morgan fingerprint density at radius 1 is 1.50 bits per heavy atom. The number of hydrogen-bond donors (Lipinski definition) is 1. The highest BCUT2D eigenvalue weighted by Gasteiger charge is 1.97. The summed E-state index contributed by atoms with van der Waals surface area (Å²) >= 11 is 5.95. The molecule has 0 aliphatic carbocycles. The van der Waals surface area contributed by atoms with Gasteiger partial charge in [-0.1, -0.05) is 35.9 Å². The summed E-state index contributed by atoms with van der Waals surface area (Å²) in [5, 5.41) is 3.15. The molecule has 0 aliphatic rings. The molecule has 84 valence electrons. The summed E-state index contributed by atoms with van der Waals surface area (Å²) in [6, 6.07) is 5.06. The lowest BCUT2D eigenvalue weighted by Gasteiger charge is -1.99. The quantitative estimate of drug-likeness (QED) is 0.817. The summed E-state index contributed by atoms with van der Waals surface area (Å²) in [4.78, 5) is 21.1. The molecule has 1 N–H and O–H groups in total. The molecule has 16 heavy (non-hydrogen) atoms. The third kappa shape index (κ3) is 3.87. The van der Waals surface area contributed by atoms with Crippen LogP contribution in [-0.2, 0) is 4.79 Å². The molecule has 0 radical (unpaired) electrons. The molecule has 1 aromatic carbocycles. The number of amides is 1. The SMILES string of the molecule is CC(=O)NCC=Cc1ccc(C=O)cc1Cl. The maximum Gasteiger partial charge on any atom is 0.217 e. The van der Waals surface area contributed by atoms with Crippen LogP contribution in [0.2, 0.25) is 5.02 Å². The van der Waals surface area contributed by atoms with Crippen LogP contribution in [0.3, 0.4) is 0 Å². The second kappa shape index (κ2) is 6.08. The van der Waals surface area contributed by atoms with Crippen molar-refractivity contribution in [3.63, 3.8) is 0 Å². The zero-order valence-electron chi connectivity index (χ0n) is 8.87. The molecule has 4 heteroatoms. The van der Waals surface area contributed by atoms with Gasteiger partial charge in [-0.05, 0) is 11.6 Å². The minimum atomic E-state index is -0.0768. The van der Waals surface area contributed by atoms with E-state index in [9.17, 15) is 9.59 Å². The van der Waals surface area contributed by atoms with Crippen LogP contribution >= 0.6 is 11.6 Å². The highest BCUT2D eigenvalue weighted by Crippen LogP contribution is 2.18. The van der Waals surface area contributed by atoms with Gasteiger partial charge in [-0.3, -0.25) is 9.59 Å². The van der Waals surface area contributed by atoms with Gasteiger partial charge < -0.3 is 5.32 Å². The van der Waals surface area contributed by atoms with Crippen molar-refractivity contribution in [3.8, 4) is 0 Å². The van der Waals surface area contributed by atoms with Crippen LogP contribution in [0.5, 0.6) is 0 Å². The molecule has 0 saturated carbocycles. The maximum absolute atomic E-state index is 10.6. The molecule has 0 heterocycles. The first-order valence-corrected chi connectivity index (χ1v) is 5.17. The van der Waals surface area contributed by atoms with Gasteiger partial charge in [-0.2, -0.15) is 0 Å². The van der Waals surface area contributed by atoms with Gasteiger partial charge >= 0.3 is 0 Å². The Hall–Kier alpha value is -1.61. The number of carbonyl (C=O) groups is 2. The Bertz CT molecular complexity index is 427. The molecule has 0 atom stereocenters. The monoisotopic (exact) mass is 237 g/mol. The van der Waals surface area contributed by atoms with E-state index in [0.29, 0.717) is 17.1 Å². The van der Waals surface area contributed by atoms with Crippen LogP contribution < -0.4 is 5.32 Å². The summed E-state index contributed by atoms with van der Waals surface area (Å²) in [6.07, 6.45) is 4.34. The van der Waals surface area contributed by atoms with E-state index in [-0.39, 0.29) is 5.91 Å². The van der Waals surface area contributed by atoms with Gasteiger partial charge in [0, 0.05) is 24.1 Å². The molecule has 0 spiro atoms. The number of benzene rings is 1. The molecular weight excluding hydrogens is 226 g/mol. The first-order chi connectivity index (χ1) is 7.63. The number of halogens is 1. The summed E-state index contributed by atoms with van der Waals surface area (Å²) in [7, 11) is 0. The van der Waals surface area contributed by atoms with E-state index in [1.165, 1.54) is 6.92 Å². The lowest BCUT2D eigenvalue weighted by Crippen LogP contribution is -2.19. The lowest BCUT2D eigenvalue weighted by atomic mass is 10.1. The van der Waals surface area contributed by atoms with Crippen molar-refractivity contribution in [2.45, 2.75) is 6.92 Å². The number of carbonyl (C=O) groups excluding carboxylic acids is 2. The third-order valence-electron chi connectivity index (χ3n) is 1.93. The average molecular weight is 238 g/mol. The molecule has 0 unspecified atom stereocenters. The molecule has 3 nitrogen and oxygen atoms in total. The van der Waals surface area contributed by atoms with Crippen molar-refractivity contribution in [3.05, 3.63) is 40.4 Å². The average Bonchev–Trinajstić information content (AvgIpc) is 2.25. The van der Waals surface area contributed by atoms with Gasteiger partial charge in [0.1, 0.15) is 6.29 Å². The summed E-state index contributed by atoms with van der Waals surface area (Å²) in [6.45, 7) is 1.92. The van der Waals surface area contributed by atoms with Gasteiger partial charge in [0.25, 0.3) is 0 Å². The van der Waals surface area contributed by atoms with E-state index in [0.717, 1.165) is 11.8 Å². The second-order valence-corrected chi connectivity index (χ2v) is 3.65. The predicted octanol–water partition coefficient (Wildman–Crippen LogP) is 2.30. The van der Waals surface area contributed by atoms with E-state index in [1.54, 1.807) is 30.4 Å². The molecule has 1 aromatic rings. The highest BCUT2D eigenvalue weighted by atomic mass is 35.5. The molecular formula is C12H12ClNO2. The first kappa shape index (κ1) is 12.5. The Labute approximate surface area is 99.1 Å². The zero-order valence-corrected chi connectivity index (χ0v) is 9.62. The fourth-order valence-electron chi connectivity index (χ4n) is 1.14. The predicted molar refractivity (Wildman–Crippen MR) is 64.6 cm³/mol. The van der Waals surface area contributed by atoms with E-state index < -0.39 is 0 Å². The van der Waals surface area contributed by atoms with Crippen molar-refractivity contribution < 1.29 is 9.59 Å².